The SMILES string of the molecule is COc1cc(CNCCc2ccc(S(N)(=O)=O)cc2)cc(Cl)c1OCc1ccc(Cl)cc1. The number of hydrogen-bond donors (Lipinski definition) is 2. The summed E-state index contributed by atoms with van der Waals surface area (Å²) < 4.78 is 34.0. The van der Waals surface area contributed by atoms with E-state index in [2.05, 4.69) is 5.32 Å². The van der Waals surface area contributed by atoms with E-state index in [1.165, 1.54) is 12.1 Å². The summed E-state index contributed by atoms with van der Waals surface area (Å²) in [6.45, 7) is 1.63. The summed E-state index contributed by atoms with van der Waals surface area (Å²) in [6, 6.07) is 17.7. The Labute approximate surface area is 198 Å². The van der Waals surface area contributed by atoms with Crippen LogP contribution in [0.4, 0.5) is 0 Å². The summed E-state index contributed by atoms with van der Waals surface area (Å²) in [6.07, 6.45) is 0.734. The van der Waals surface area contributed by atoms with Gasteiger partial charge in [-0.25, -0.2) is 13.6 Å². The zero-order valence-corrected chi connectivity index (χ0v) is 19.8. The van der Waals surface area contributed by atoms with Gasteiger partial charge < -0.3 is 14.8 Å². The van der Waals surface area contributed by atoms with Crippen LogP contribution in [0.3, 0.4) is 0 Å². The molecule has 0 saturated carbocycles. The van der Waals surface area contributed by atoms with Crippen LogP contribution in [0.1, 0.15) is 16.7 Å². The van der Waals surface area contributed by atoms with Crippen molar-refractivity contribution in [1.82, 2.24) is 5.32 Å². The number of halogens is 2. The van der Waals surface area contributed by atoms with E-state index in [1.807, 2.05) is 36.4 Å². The predicted molar refractivity (Wildman–Crippen MR) is 127 cm³/mol. The molecule has 0 amide bonds. The Balaban J connectivity index is 1.55. The number of hydrogen-bond acceptors (Lipinski definition) is 5. The first-order valence-corrected chi connectivity index (χ1v) is 12.1. The summed E-state index contributed by atoms with van der Waals surface area (Å²) in [4.78, 5) is 0.106. The van der Waals surface area contributed by atoms with Crippen molar-refractivity contribution in [3.8, 4) is 11.5 Å². The molecule has 32 heavy (non-hydrogen) atoms. The van der Waals surface area contributed by atoms with Crippen molar-refractivity contribution in [1.29, 1.82) is 0 Å². The topological polar surface area (TPSA) is 90.6 Å². The number of nitrogens with one attached hydrogen (secondary N) is 1. The van der Waals surface area contributed by atoms with Crippen LogP contribution in [0.25, 0.3) is 0 Å². The minimum atomic E-state index is -3.67. The Morgan fingerprint density at radius 2 is 1.59 bits per heavy atom. The van der Waals surface area contributed by atoms with Crippen LogP contribution < -0.4 is 19.9 Å². The molecule has 0 aromatic heterocycles. The first-order chi connectivity index (χ1) is 15.3. The normalized spacial score (nSPS) is 11.4. The lowest BCUT2D eigenvalue weighted by atomic mass is 10.1. The van der Waals surface area contributed by atoms with E-state index in [9.17, 15) is 8.42 Å². The van der Waals surface area contributed by atoms with Crippen LogP contribution in [0.2, 0.25) is 10.0 Å². The number of rotatable bonds is 10. The van der Waals surface area contributed by atoms with E-state index in [0.29, 0.717) is 41.2 Å². The quantitative estimate of drug-likeness (QED) is 0.403. The molecule has 3 N–H and O–H groups in total. The van der Waals surface area contributed by atoms with E-state index in [-0.39, 0.29) is 4.90 Å². The molecule has 0 radical (unpaired) electrons. The fraction of sp³-hybridized carbons (Fsp3) is 0.217. The molecule has 170 valence electrons. The van der Waals surface area contributed by atoms with Gasteiger partial charge in [0.25, 0.3) is 0 Å². The zero-order valence-electron chi connectivity index (χ0n) is 17.5. The van der Waals surface area contributed by atoms with Crippen molar-refractivity contribution >= 4 is 33.2 Å². The fourth-order valence-electron chi connectivity index (χ4n) is 3.06. The van der Waals surface area contributed by atoms with Gasteiger partial charge >= 0.3 is 0 Å². The molecule has 0 spiro atoms. The second-order valence-corrected chi connectivity index (χ2v) is 9.54. The molecule has 3 rings (SSSR count). The molecule has 3 aromatic rings. The molecular formula is C23H24Cl2N2O4S. The van der Waals surface area contributed by atoms with Crippen molar-refractivity contribution in [2.45, 2.75) is 24.5 Å². The number of methoxy groups -OCH3 is 1. The molecule has 0 unspecified atom stereocenters. The van der Waals surface area contributed by atoms with Gasteiger partial charge in [-0.2, -0.15) is 0 Å². The lowest BCUT2D eigenvalue weighted by Crippen LogP contribution is -2.17. The lowest BCUT2D eigenvalue weighted by Gasteiger charge is -2.15. The molecule has 9 heteroatoms. The Hall–Kier alpha value is -2.29. The molecule has 0 saturated heterocycles. The zero-order chi connectivity index (χ0) is 23.1. The van der Waals surface area contributed by atoms with Crippen molar-refractivity contribution in [3.63, 3.8) is 0 Å². The second-order valence-electron chi connectivity index (χ2n) is 7.14. The van der Waals surface area contributed by atoms with Crippen LogP contribution in [0, 0.1) is 0 Å². The summed E-state index contributed by atoms with van der Waals surface area (Å²) in [5.41, 5.74) is 2.93. The minimum absolute atomic E-state index is 0.106. The standard InChI is InChI=1S/C23H24Cl2N2O4S/c1-30-22-13-18(12-21(25)23(22)31-15-17-2-6-19(24)7-3-17)14-27-11-10-16-4-8-20(9-5-16)32(26,28)29/h2-9,12-13,27H,10-11,14-15H2,1H3,(H2,26,28,29). The highest BCUT2D eigenvalue weighted by Crippen LogP contribution is 2.37. The van der Waals surface area contributed by atoms with Crippen LogP contribution in [0.5, 0.6) is 11.5 Å². The highest BCUT2D eigenvalue weighted by molar-refractivity contribution is 7.89. The van der Waals surface area contributed by atoms with E-state index in [0.717, 1.165) is 23.1 Å². The largest absolute Gasteiger partial charge is 0.493 e. The van der Waals surface area contributed by atoms with Gasteiger partial charge in [-0.1, -0.05) is 47.5 Å². The van der Waals surface area contributed by atoms with Crippen LogP contribution >= 0.6 is 23.2 Å². The average Bonchev–Trinajstić information content (AvgIpc) is 2.76. The number of sulfonamides is 1. The van der Waals surface area contributed by atoms with Gasteiger partial charge in [0.2, 0.25) is 10.0 Å². The highest BCUT2D eigenvalue weighted by atomic mass is 35.5. The molecule has 0 aliphatic rings. The smallest absolute Gasteiger partial charge is 0.238 e. The first kappa shape index (κ1) is 24.4. The Morgan fingerprint density at radius 1 is 0.938 bits per heavy atom. The van der Waals surface area contributed by atoms with E-state index < -0.39 is 10.0 Å². The maximum absolute atomic E-state index is 11.3. The van der Waals surface area contributed by atoms with Crippen LogP contribution in [-0.2, 0) is 29.6 Å². The molecule has 0 bridgehead atoms. The van der Waals surface area contributed by atoms with Gasteiger partial charge in [0.1, 0.15) is 6.61 Å². The molecule has 0 aliphatic heterocycles. The van der Waals surface area contributed by atoms with Crippen molar-refractivity contribution in [2.24, 2.45) is 5.14 Å². The summed E-state index contributed by atoms with van der Waals surface area (Å²) >= 11 is 12.4. The maximum atomic E-state index is 11.3. The van der Waals surface area contributed by atoms with Crippen LogP contribution in [0.15, 0.2) is 65.6 Å². The molecule has 0 aliphatic carbocycles. The van der Waals surface area contributed by atoms with Crippen molar-refractivity contribution in [2.75, 3.05) is 13.7 Å². The van der Waals surface area contributed by atoms with Gasteiger partial charge in [0.15, 0.2) is 11.5 Å². The van der Waals surface area contributed by atoms with Gasteiger partial charge in [0.05, 0.1) is 17.0 Å². The van der Waals surface area contributed by atoms with E-state index >= 15 is 0 Å². The second kappa shape index (κ2) is 11.0. The summed E-state index contributed by atoms with van der Waals surface area (Å²) in [5, 5.41) is 9.60. The number of primary sulfonamides is 1. The Morgan fingerprint density at radius 3 is 2.22 bits per heavy atom. The van der Waals surface area contributed by atoms with Gasteiger partial charge in [-0.15, -0.1) is 0 Å². The van der Waals surface area contributed by atoms with Crippen LogP contribution in [-0.4, -0.2) is 22.1 Å². The number of ether oxygens (including phenoxy) is 2. The molecular weight excluding hydrogens is 471 g/mol. The summed E-state index contributed by atoms with van der Waals surface area (Å²) in [5.74, 6) is 1.05. The predicted octanol–water partition coefficient (Wildman–Crippen LogP) is 4.56. The van der Waals surface area contributed by atoms with Gasteiger partial charge in [-0.05, 0) is 66.1 Å². The van der Waals surface area contributed by atoms with Gasteiger partial charge in [0, 0.05) is 11.6 Å². The average molecular weight is 495 g/mol. The molecule has 3 aromatic carbocycles. The first-order valence-electron chi connectivity index (χ1n) is 9.82. The molecule has 0 heterocycles. The monoisotopic (exact) mass is 494 g/mol. The minimum Gasteiger partial charge on any atom is -0.493 e. The van der Waals surface area contributed by atoms with Gasteiger partial charge in [-0.3, -0.25) is 0 Å². The Bertz CT molecular complexity index is 1150. The third-order valence-corrected chi connectivity index (χ3v) is 6.22. The highest BCUT2D eigenvalue weighted by Gasteiger charge is 2.13. The maximum Gasteiger partial charge on any atom is 0.238 e. The fourth-order valence-corrected chi connectivity index (χ4v) is 3.99. The van der Waals surface area contributed by atoms with Crippen molar-refractivity contribution in [3.05, 3.63) is 87.4 Å². The van der Waals surface area contributed by atoms with Crippen molar-refractivity contribution < 1.29 is 17.9 Å². The molecule has 0 atom stereocenters. The molecule has 0 fully saturated rings. The number of benzene rings is 3. The third-order valence-electron chi connectivity index (χ3n) is 4.76. The third kappa shape index (κ3) is 6.85. The number of nitrogens with two attached hydrogens (primary N) is 1. The van der Waals surface area contributed by atoms with E-state index in [4.69, 9.17) is 37.8 Å². The van der Waals surface area contributed by atoms with E-state index in [1.54, 1.807) is 19.2 Å². The molecule has 6 nitrogen and oxygen atoms in total. The lowest BCUT2D eigenvalue weighted by molar-refractivity contribution is 0.284. The summed E-state index contributed by atoms with van der Waals surface area (Å²) in [7, 11) is -2.10. The Kier molecular flexibility index (Phi) is 8.39.